The van der Waals surface area contributed by atoms with E-state index in [1.807, 2.05) is 6.92 Å². The predicted molar refractivity (Wildman–Crippen MR) is 107 cm³/mol. The summed E-state index contributed by atoms with van der Waals surface area (Å²) in [6, 6.07) is 10.5. The van der Waals surface area contributed by atoms with Gasteiger partial charge in [-0.15, -0.1) is 0 Å². The Bertz CT molecular complexity index is 865. The molecule has 142 valence electrons. The smallest absolute Gasteiger partial charge is 0.255 e. The standard InChI is InChI=1S/C20H21BrN2O4/c1-3-27-18-15(21)10-12(11-17(18)26-2)19(24)23-16-7-5-4-6-14(16)20(25)22-13-8-9-13/h4-7,10-11,13H,3,8-9H2,1-2H3,(H,22,25)(H,23,24). The monoisotopic (exact) mass is 432 g/mol. The zero-order chi connectivity index (χ0) is 19.4. The van der Waals surface area contributed by atoms with Gasteiger partial charge in [0.2, 0.25) is 0 Å². The zero-order valence-electron chi connectivity index (χ0n) is 15.2. The maximum absolute atomic E-state index is 12.8. The minimum Gasteiger partial charge on any atom is -0.493 e. The summed E-state index contributed by atoms with van der Waals surface area (Å²) < 4.78 is 11.5. The first-order chi connectivity index (χ1) is 13.0. The van der Waals surface area contributed by atoms with Crippen molar-refractivity contribution >= 4 is 33.4 Å². The van der Waals surface area contributed by atoms with Gasteiger partial charge in [-0.1, -0.05) is 12.1 Å². The highest BCUT2D eigenvalue weighted by atomic mass is 79.9. The third-order valence-corrected chi connectivity index (χ3v) is 4.70. The summed E-state index contributed by atoms with van der Waals surface area (Å²) in [5.74, 6) is 0.472. The van der Waals surface area contributed by atoms with Gasteiger partial charge in [-0.05, 0) is 60.0 Å². The Morgan fingerprint density at radius 1 is 1.19 bits per heavy atom. The second-order valence-electron chi connectivity index (χ2n) is 6.17. The Morgan fingerprint density at radius 3 is 2.59 bits per heavy atom. The molecule has 0 heterocycles. The molecule has 2 aromatic rings. The van der Waals surface area contributed by atoms with Gasteiger partial charge in [0.15, 0.2) is 11.5 Å². The summed E-state index contributed by atoms with van der Waals surface area (Å²) in [4.78, 5) is 25.2. The lowest BCUT2D eigenvalue weighted by atomic mass is 10.1. The summed E-state index contributed by atoms with van der Waals surface area (Å²) in [6.45, 7) is 2.35. The van der Waals surface area contributed by atoms with E-state index in [9.17, 15) is 9.59 Å². The molecule has 0 radical (unpaired) electrons. The molecule has 1 aliphatic carbocycles. The molecule has 0 atom stereocenters. The Labute approximate surface area is 166 Å². The maximum Gasteiger partial charge on any atom is 0.255 e. The molecule has 2 N–H and O–H groups in total. The van der Waals surface area contributed by atoms with Crippen LogP contribution < -0.4 is 20.1 Å². The molecular weight excluding hydrogens is 412 g/mol. The highest BCUT2D eigenvalue weighted by Crippen LogP contribution is 2.37. The molecule has 1 fully saturated rings. The fourth-order valence-electron chi connectivity index (χ4n) is 2.61. The number of amides is 2. The van der Waals surface area contributed by atoms with Crippen LogP contribution >= 0.6 is 15.9 Å². The molecule has 1 saturated carbocycles. The van der Waals surface area contributed by atoms with Gasteiger partial charge in [0.1, 0.15) is 0 Å². The summed E-state index contributed by atoms with van der Waals surface area (Å²) in [5.41, 5.74) is 1.29. The van der Waals surface area contributed by atoms with Crippen LogP contribution in [0.2, 0.25) is 0 Å². The molecule has 1 aliphatic rings. The van der Waals surface area contributed by atoms with Crippen molar-refractivity contribution in [3.63, 3.8) is 0 Å². The molecule has 0 spiro atoms. The molecule has 0 saturated heterocycles. The van der Waals surface area contributed by atoms with Gasteiger partial charge in [-0.2, -0.15) is 0 Å². The summed E-state index contributed by atoms with van der Waals surface area (Å²) in [7, 11) is 1.52. The molecule has 0 unspecified atom stereocenters. The first kappa shape index (κ1) is 19.2. The summed E-state index contributed by atoms with van der Waals surface area (Å²) >= 11 is 3.42. The van der Waals surface area contributed by atoms with Gasteiger partial charge in [-0.25, -0.2) is 0 Å². The van der Waals surface area contributed by atoms with Crippen molar-refractivity contribution in [3.8, 4) is 11.5 Å². The number of rotatable bonds is 7. The maximum atomic E-state index is 12.8. The predicted octanol–water partition coefficient (Wildman–Crippen LogP) is 4.00. The summed E-state index contributed by atoms with van der Waals surface area (Å²) in [6.07, 6.45) is 2.00. The number of nitrogens with one attached hydrogen (secondary N) is 2. The van der Waals surface area contributed by atoms with Crippen molar-refractivity contribution < 1.29 is 19.1 Å². The van der Waals surface area contributed by atoms with Crippen LogP contribution in [0.3, 0.4) is 0 Å². The lowest BCUT2D eigenvalue weighted by molar-refractivity contribution is 0.0952. The van der Waals surface area contributed by atoms with E-state index >= 15 is 0 Å². The Hall–Kier alpha value is -2.54. The molecule has 6 nitrogen and oxygen atoms in total. The quantitative estimate of drug-likeness (QED) is 0.692. The van der Waals surface area contributed by atoms with E-state index in [2.05, 4.69) is 26.6 Å². The summed E-state index contributed by atoms with van der Waals surface area (Å²) in [5, 5.41) is 5.75. The molecule has 0 aromatic heterocycles. The minimum atomic E-state index is -0.344. The van der Waals surface area contributed by atoms with E-state index in [1.54, 1.807) is 36.4 Å². The minimum absolute atomic E-state index is 0.182. The number of ether oxygens (including phenoxy) is 2. The molecule has 0 aliphatic heterocycles. The van der Waals surface area contributed by atoms with E-state index in [0.717, 1.165) is 12.8 Å². The van der Waals surface area contributed by atoms with Crippen molar-refractivity contribution in [2.45, 2.75) is 25.8 Å². The lowest BCUT2D eigenvalue weighted by Crippen LogP contribution is -2.27. The lowest BCUT2D eigenvalue weighted by Gasteiger charge is -2.14. The van der Waals surface area contributed by atoms with E-state index in [4.69, 9.17) is 9.47 Å². The topological polar surface area (TPSA) is 76.7 Å². The highest BCUT2D eigenvalue weighted by molar-refractivity contribution is 9.10. The number of halogens is 1. The number of carbonyl (C=O) groups is 2. The zero-order valence-corrected chi connectivity index (χ0v) is 16.8. The van der Waals surface area contributed by atoms with Crippen LogP contribution in [0.5, 0.6) is 11.5 Å². The van der Waals surface area contributed by atoms with Crippen molar-refractivity contribution in [3.05, 3.63) is 52.0 Å². The van der Waals surface area contributed by atoms with E-state index in [1.165, 1.54) is 7.11 Å². The van der Waals surface area contributed by atoms with Gasteiger partial charge in [0, 0.05) is 11.6 Å². The number of hydrogen-bond donors (Lipinski definition) is 2. The largest absolute Gasteiger partial charge is 0.493 e. The van der Waals surface area contributed by atoms with Crippen LogP contribution in [0.25, 0.3) is 0 Å². The number of carbonyl (C=O) groups excluding carboxylic acids is 2. The number of anilines is 1. The first-order valence-corrected chi connectivity index (χ1v) is 9.54. The normalized spacial score (nSPS) is 13.0. The van der Waals surface area contributed by atoms with E-state index in [-0.39, 0.29) is 17.9 Å². The van der Waals surface area contributed by atoms with Crippen molar-refractivity contribution in [2.75, 3.05) is 19.0 Å². The van der Waals surface area contributed by atoms with Crippen molar-refractivity contribution in [2.24, 2.45) is 0 Å². The van der Waals surface area contributed by atoms with Gasteiger partial charge >= 0.3 is 0 Å². The van der Waals surface area contributed by atoms with E-state index < -0.39 is 0 Å². The van der Waals surface area contributed by atoms with Gasteiger partial charge in [-0.3, -0.25) is 9.59 Å². The van der Waals surface area contributed by atoms with Crippen LogP contribution in [-0.2, 0) is 0 Å². The Morgan fingerprint density at radius 2 is 1.93 bits per heavy atom. The van der Waals surface area contributed by atoms with Crippen LogP contribution in [0.1, 0.15) is 40.5 Å². The number of methoxy groups -OCH3 is 1. The fourth-order valence-corrected chi connectivity index (χ4v) is 3.17. The Kier molecular flexibility index (Phi) is 6.01. The second kappa shape index (κ2) is 8.43. The molecule has 7 heteroatoms. The molecule has 2 aromatic carbocycles. The van der Waals surface area contributed by atoms with Crippen LogP contribution in [0.4, 0.5) is 5.69 Å². The van der Waals surface area contributed by atoms with Crippen LogP contribution in [-0.4, -0.2) is 31.6 Å². The third-order valence-electron chi connectivity index (χ3n) is 4.11. The number of para-hydroxylation sites is 1. The Balaban J connectivity index is 1.83. The molecular formula is C20H21BrN2O4. The molecule has 27 heavy (non-hydrogen) atoms. The SMILES string of the molecule is CCOc1c(Br)cc(C(=O)Nc2ccccc2C(=O)NC2CC2)cc1OC. The molecule has 0 bridgehead atoms. The average molecular weight is 433 g/mol. The third kappa shape index (κ3) is 4.60. The number of benzene rings is 2. The average Bonchev–Trinajstić information content (AvgIpc) is 3.47. The van der Waals surface area contributed by atoms with Crippen molar-refractivity contribution in [1.82, 2.24) is 5.32 Å². The number of hydrogen-bond acceptors (Lipinski definition) is 4. The van der Waals surface area contributed by atoms with Gasteiger partial charge in [0.05, 0.1) is 29.4 Å². The van der Waals surface area contributed by atoms with Crippen LogP contribution in [0, 0.1) is 0 Å². The second-order valence-corrected chi connectivity index (χ2v) is 7.02. The highest BCUT2D eigenvalue weighted by Gasteiger charge is 2.25. The molecule has 3 rings (SSSR count). The first-order valence-electron chi connectivity index (χ1n) is 8.75. The van der Waals surface area contributed by atoms with E-state index in [0.29, 0.717) is 39.4 Å². The molecule has 2 amide bonds. The van der Waals surface area contributed by atoms with Gasteiger partial charge < -0.3 is 20.1 Å². The van der Waals surface area contributed by atoms with Crippen molar-refractivity contribution in [1.29, 1.82) is 0 Å². The van der Waals surface area contributed by atoms with Gasteiger partial charge in [0.25, 0.3) is 11.8 Å². The van der Waals surface area contributed by atoms with Crippen LogP contribution in [0.15, 0.2) is 40.9 Å². The fraction of sp³-hybridized carbons (Fsp3) is 0.300.